The van der Waals surface area contributed by atoms with Crippen LogP contribution in [-0.2, 0) is 10.0 Å². The molecule has 1 aliphatic rings. The van der Waals surface area contributed by atoms with E-state index in [0.29, 0.717) is 34.7 Å². The molecule has 3 N–H and O–H groups in total. The van der Waals surface area contributed by atoms with Crippen molar-refractivity contribution in [1.82, 2.24) is 24.3 Å². The maximum Gasteiger partial charge on any atom is 0.277 e. The van der Waals surface area contributed by atoms with Gasteiger partial charge in [0.1, 0.15) is 11.6 Å². The normalized spacial score (nSPS) is 15.2. The Morgan fingerprint density at radius 1 is 1.18 bits per heavy atom. The number of H-pyrrole nitrogens is 1. The number of aromatic amines is 1. The van der Waals surface area contributed by atoms with Gasteiger partial charge in [-0.15, -0.1) is 5.10 Å². The number of hydrogen-bond acceptors (Lipinski definition) is 7. The van der Waals surface area contributed by atoms with Crippen LogP contribution in [0.3, 0.4) is 0 Å². The first kappa shape index (κ1) is 26.1. The van der Waals surface area contributed by atoms with E-state index in [1.165, 1.54) is 12.1 Å². The van der Waals surface area contributed by atoms with Gasteiger partial charge in [-0.1, -0.05) is 43.2 Å². The van der Waals surface area contributed by atoms with E-state index in [-0.39, 0.29) is 28.7 Å². The van der Waals surface area contributed by atoms with Crippen molar-refractivity contribution in [3.05, 3.63) is 76.0 Å². The van der Waals surface area contributed by atoms with Gasteiger partial charge in [0.15, 0.2) is 11.3 Å². The summed E-state index contributed by atoms with van der Waals surface area (Å²) < 4.78 is 36.2. The molecule has 200 valence electrons. The van der Waals surface area contributed by atoms with Gasteiger partial charge in [-0.05, 0) is 50.5 Å². The predicted octanol–water partition coefficient (Wildman–Crippen LogP) is 3.46. The zero-order chi connectivity index (χ0) is 26.9. The molecule has 1 fully saturated rings. The number of fused-ring (bicyclic) bond motifs is 1. The molecule has 2 aromatic heterocycles. The molecule has 10 nitrogen and oxygen atoms in total. The van der Waals surface area contributed by atoms with E-state index >= 15 is 0 Å². The second-order valence-corrected chi connectivity index (χ2v) is 11.2. The number of benzene rings is 2. The Labute approximate surface area is 220 Å². The number of hydrogen-bond donors (Lipinski definition) is 3. The number of ether oxygens (including phenoxy) is 1. The molecule has 1 atom stereocenters. The lowest BCUT2D eigenvalue weighted by Crippen LogP contribution is -2.28. The van der Waals surface area contributed by atoms with Crippen molar-refractivity contribution in [1.29, 1.82) is 0 Å². The predicted molar refractivity (Wildman–Crippen MR) is 143 cm³/mol. The highest BCUT2D eigenvalue weighted by atomic mass is 32.2. The summed E-state index contributed by atoms with van der Waals surface area (Å²) in [5.74, 6) is 1.54. The van der Waals surface area contributed by atoms with Crippen LogP contribution in [0.2, 0.25) is 0 Å². The van der Waals surface area contributed by atoms with Gasteiger partial charge in [0.05, 0.1) is 28.9 Å². The zero-order valence-electron chi connectivity index (χ0n) is 21.3. The van der Waals surface area contributed by atoms with Crippen LogP contribution in [0.5, 0.6) is 5.75 Å². The number of nitrogens with one attached hydrogen (secondary N) is 2. The molecule has 4 aromatic rings. The van der Waals surface area contributed by atoms with Crippen LogP contribution in [0.15, 0.2) is 58.2 Å². The smallest absolute Gasteiger partial charge is 0.277 e. The lowest BCUT2D eigenvalue weighted by Gasteiger charge is -2.15. The van der Waals surface area contributed by atoms with Gasteiger partial charge in [0, 0.05) is 12.5 Å². The minimum Gasteiger partial charge on any atom is -0.493 e. The Balaban J connectivity index is 1.53. The summed E-state index contributed by atoms with van der Waals surface area (Å²) in [4.78, 5) is 20.6. The average Bonchev–Trinajstić information content (AvgIpc) is 3.56. The molecule has 0 amide bonds. The van der Waals surface area contributed by atoms with Crippen LogP contribution in [0.25, 0.3) is 16.9 Å². The highest BCUT2D eigenvalue weighted by Crippen LogP contribution is 2.35. The topological polar surface area (TPSA) is 139 Å². The fraction of sp³-hybridized carbons (Fsp3) is 0.370. The minimum absolute atomic E-state index is 0.0446. The second-order valence-electron chi connectivity index (χ2n) is 9.47. The monoisotopic (exact) mass is 537 g/mol. The maximum atomic E-state index is 13.2. The summed E-state index contributed by atoms with van der Waals surface area (Å²) in [5, 5.41) is 15.1. The summed E-state index contributed by atoms with van der Waals surface area (Å²) in [6.07, 6.45) is 3.18. The van der Waals surface area contributed by atoms with Crippen LogP contribution < -0.4 is 15.0 Å². The van der Waals surface area contributed by atoms with Gasteiger partial charge >= 0.3 is 0 Å². The van der Waals surface area contributed by atoms with Crippen molar-refractivity contribution in [2.75, 3.05) is 13.2 Å². The number of sulfonamides is 1. The third kappa shape index (κ3) is 5.09. The van der Waals surface area contributed by atoms with Crippen molar-refractivity contribution in [3.63, 3.8) is 0 Å². The van der Waals surface area contributed by atoms with Crippen molar-refractivity contribution in [2.24, 2.45) is 0 Å². The van der Waals surface area contributed by atoms with E-state index in [1.54, 1.807) is 41.8 Å². The highest BCUT2D eigenvalue weighted by molar-refractivity contribution is 7.89. The van der Waals surface area contributed by atoms with E-state index in [1.807, 2.05) is 13.0 Å². The summed E-state index contributed by atoms with van der Waals surface area (Å²) in [6, 6.07) is 13.2. The number of rotatable bonds is 9. The lowest BCUT2D eigenvalue weighted by molar-refractivity contribution is 0.182. The molecule has 1 unspecified atom stereocenters. The Morgan fingerprint density at radius 3 is 2.63 bits per heavy atom. The number of nitrogens with zero attached hydrogens (tertiary/aromatic N) is 3. The van der Waals surface area contributed by atoms with Gasteiger partial charge in [-0.25, -0.2) is 22.6 Å². The van der Waals surface area contributed by atoms with Crippen LogP contribution >= 0.6 is 0 Å². The fourth-order valence-electron chi connectivity index (χ4n) is 4.97. The summed E-state index contributed by atoms with van der Waals surface area (Å²) in [7, 11) is -4.00. The Morgan fingerprint density at radius 2 is 1.92 bits per heavy atom. The summed E-state index contributed by atoms with van der Waals surface area (Å²) >= 11 is 0. The lowest BCUT2D eigenvalue weighted by atomic mass is 10.1. The second kappa shape index (κ2) is 10.7. The third-order valence-corrected chi connectivity index (χ3v) is 8.31. The Kier molecular flexibility index (Phi) is 7.33. The van der Waals surface area contributed by atoms with Gasteiger partial charge in [0.2, 0.25) is 10.0 Å². The highest BCUT2D eigenvalue weighted by Gasteiger charge is 2.26. The molecule has 1 saturated carbocycles. The molecule has 2 aromatic carbocycles. The fourth-order valence-corrected chi connectivity index (χ4v) is 6.03. The number of aromatic nitrogens is 4. The van der Waals surface area contributed by atoms with Crippen LogP contribution in [-0.4, -0.2) is 46.3 Å². The molecule has 1 aliphatic carbocycles. The van der Waals surface area contributed by atoms with E-state index in [4.69, 9.17) is 9.84 Å². The quantitative estimate of drug-likeness (QED) is 0.297. The van der Waals surface area contributed by atoms with Gasteiger partial charge in [-0.3, -0.25) is 4.79 Å². The largest absolute Gasteiger partial charge is 0.493 e. The van der Waals surface area contributed by atoms with E-state index in [2.05, 4.69) is 14.7 Å². The zero-order valence-corrected chi connectivity index (χ0v) is 22.2. The minimum atomic E-state index is -4.00. The first-order valence-corrected chi connectivity index (χ1v) is 14.3. The molecular formula is C27H31N5O5S. The van der Waals surface area contributed by atoms with Crippen molar-refractivity contribution >= 4 is 15.5 Å². The molecule has 11 heteroatoms. The molecule has 2 heterocycles. The number of imidazole rings is 1. The Hall–Kier alpha value is -3.54. The molecule has 0 spiro atoms. The standard InChI is InChI=1S/C27H31N5O5S/c1-3-37-23-14-13-20(38(35,36)28-16-22(33)18-9-5-4-6-10-18)15-21(23)25-30-27(34)24-17(2)29-26(32(24)31-25)19-11-7-8-12-19/h4-6,9-10,13-15,19,22,28,33H,3,7-8,11-12,16H2,1-2H3,(H,30,31,34). The van der Waals surface area contributed by atoms with E-state index < -0.39 is 16.1 Å². The third-order valence-electron chi connectivity index (χ3n) is 6.89. The average molecular weight is 538 g/mol. The summed E-state index contributed by atoms with van der Waals surface area (Å²) in [5.41, 5.74) is 1.57. The first-order chi connectivity index (χ1) is 18.3. The SMILES string of the molecule is CCOc1ccc(S(=O)(=O)NCC(O)c2ccccc2)cc1-c1nn2c(C3CCCC3)nc(C)c2c(=O)[nH]1. The number of aliphatic hydroxyl groups excluding tert-OH is 1. The van der Waals surface area contributed by atoms with Crippen LogP contribution in [0.1, 0.15) is 61.7 Å². The number of aryl methyl sites for hydroxylation is 1. The van der Waals surface area contributed by atoms with Crippen molar-refractivity contribution in [2.45, 2.75) is 56.4 Å². The van der Waals surface area contributed by atoms with E-state index in [9.17, 15) is 18.3 Å². The maximum absolute atomic E-state index is 13.2. The van der Waals surface area contributed by atoms with Crippen LogP contribution in [0, 0.1) is 6.92 Å². The molecule has 0 radical (unpaired) electrons. The van der Waals surface area contributed by atoms with E-state index in [0.717, 1.165) is 31.5 Å². The molecule has 38 heavy (non-hydrogen) atoms. The Bertz CT molecular complexity index is 1610. The molecule has 0 saturated heterocycles. The summed E-state index contributed by atoms with van der Waals surface area (Å²) in [6.45, 7) is 3.75. The number of aliphatic hydroxyl groups is 1. The van der Waals surface area contributed by atoms with Crippen molar-refractivity contribution in [3.8, 4) is 17.1 Å². The van der Waals surface area contributed by atoms with Crippen molar-refractivity contribution < 1.29 is 18.3 Å². The molecule has 0 aliphatic heterocycles. The molecular weight excluding hydrogens is 506 g/mol. The molecule has 0 bridgehead atoms. The van der Waals surface area contributed by atoms with Gasteiger partial charge < -0.3 is 14.8 Å². The van der Waals surface area contributed by atoms with Crippen LogP contribution in [0.4, 0.5) is 0 Å². The van der Waals surface area contributed by atoms with Gasteiger partial charge in [0.25, 0.3) is 5.56 Å². The molecule has 5 rings (SSSR count). The van der Waals surface area contributed by atoms with Gasteiger partial charge in [-0.2, -0.15) is 0 Å². The first-order valence-electron chi connectivity index (χ1n) is 12.8.